The Bertz CT molecular complexity index is 463. The van der Waals surface area contributed by atoms with Crippen molar-refractivity contribution in [3.05, 3.63) is 27.7 Å². The van der Waals surface area contributed by atoms with E-state index in [1.807, 2.05) is 6.92 Å². The Morgan fingerprint density at radius 1 is 1.25 bits per heavy atom. The molecule has 0 aliphatic rings. The minimum atomic E-state index is -0.304. The van der Waals surface area contributed by atoms with Crippen LogP contribution < -0.4 is 5.32 Å². The van der Waals surface area contributed by atoms with Gasteiger partial charge in [0.05, 0.1) is 35.5 Å². The van der Waals surface area contributed by atoms with Gasteiger partial charge in [0.2, 0.25) is 5.91 Å². The van der Waals surface area contributed by atoms with Crippen LogP contribution in [0.5, 0.6) is 0 Å². The highest BCUT2D eigenvalue weighted by atomic mass is 35.5. The summed E-state index contributed by atoms with van der Waals surface area (Å²) in [5, 5.41) is 21.2. The normalized spacial score (nSPS) is 10.9. The van der Waals surface area contributed by atoms with E-state index in [1.54, 1.807) is 17.0 Å². The predicted octanol–water partition coefficient (Wildman–Crippen LogP) is 1.53. The number of carbonyl (C=O) groups excluding carboxylic acids is 1. The van der Waals surface area contributed by atoms with Gasteiger partial charge in [-0.25, -0.2) is 0 Å². The Kier molecular flexibility index (Phi) is 7.26. The van der Waals surface area contributed by atoms with E-state index in [-0.39, 0.29) is 25.7 Å². The van der Waals surface area contributed by atoms with Crippen molar-refractivity contribution in [2.75, 3.05) is 38.2 Å². The zero-order valence-electron chi connectivity index (χ0n) is 11.2. The topological polar surface area (TPSA) is 72.8 Å². The second-order valence-electron chi connectivity index (χ2n) is 4.32. The van der Waals surface area contributed by atoms with E-state index in [0.717, 1.165) is 5.56 Å². The summed E-state index contributed by atoms with van der Waals surface area (Å²) in [4.78, 5) is 13.6. The fraction of sp³-hybridized carbons (Fsp3) is 0.462. The first-order chi connectivity index (χ1) is 9.49. The summed E-state index contributed by atoms with van der Waals surface area (Å²) >= 11 is 12.1. The Morgan fingerprint density at radius 2 is 1.85 bits per heavy atom. The highest BCUT2D eigenvalue weighted by molar-refractivity contribution is 6.40. The molecular weight excluding hydrogens is 303 g/mol. The molecule has 0 aliphatic heterocycles. The number of carbonyl (C=O) groups is 1. The van der Waals surface area contributed by atoms with Gasteiger partial charge in [-0.15, -0.1) is 0 Å². The number of benzene rings is 1. The molecule has 3 N–H and O–H groups in total. The molecule has 1 aromatic rings. The lowest BCUT2D eigenvalue weighted by Crippen LogP contribution is -2.37. The van der Waals surface area contributed by atoms with Crippen molar-refractivity contribution < 1.29 is 15.0 Å². The zero-order valence-corrected chi connectivity index (χ0v) is 12.7. The summed E-state index contributed by atoms with van der Waals surface area (Å²) in [6.07, 6.45) is 0. The molecule has 0 aromatic heterocycles. The van der Waals surface area contributed by atoms with Crippen molar-refractivity contribution in [3.63, 3.8) is 0 Å². The minimum Gasteiger partial charge on any atom is -0.395 e. The van der Waals surface area contributed by atoms with Gasteiger partial charge >= 0.3 is 0 Å². The third-order valence-corrected chi connectivity index (χ3v) is 3.55. The Hall–Kier alpha value is -0.850. The van der Waals surface area contributed by atoms with E-state index in [9.17, 15) is 4.79 Å². The van der Waals surface area contributed by atoms with Crippen LogP contribution in [0.15, 0.2) is 12.1 Å². The van der Waals surface area contributed by atoms with E-state index in [0.29, 0.717) is 28.8 Å². The van der Waals surface area contributed by atoms with Gasteiger partial charge in [0.25, 0.3) is 0 Å². The molecule has 112 valence electrons. The smallest absolute Gasteiger partial charge is 0.238 e. The molecule has 1 aromatic carbocycles. The monoisotopic (exact) mass is 320 g/mol. The second kappa shape index (κ2) is 8.44. The number of anilines is 1. The van der Waals surface area contributed by atoms with Crippen LogP contribution in [0.1, 0.15) is 5.56 Å². The maximum absolute atomic E-state index is 12.0. The van der Waals surface area contributed by atoms with E-state index in [4.69, 9.17) is 33.4 Å². The van der Waals surface area contributed by atoms with Gasteiger partial charge in [-0.1, -0.05) is 29.3 Å². The van der Waals surface area contributed by atoms with Crippen LogP contribution in [-0.4, -0.2) is 53.9 Å². The number of aliphatic hydroxyl groups excluding tert-OH is 2. The fourth-order valence-corrected chi connectivity index (χ4v) is 2.17. The van der Waals surface area contributed by atoms with Crippen LogP contribution in [0.4, 0.5) is 5.69 Å². The molecule has 0 saturated carbocycles. The largest absolute Gasteiger partial charge is 0.395 e. The average molecular weight is 321 g/mol. The molecule has 0 unspecified atom stereocenters. The number of nitrogens with one attached hydrogen (secondary N) is 1. The molecule has 0 spiro atoms. The van der Waals surface area contributed by atoms with E-state index in [1.165, 1.54) is 0 Å². The van der Waals surface area contributed by atoms with Crippen LogP contribution in [0, 0.1) is 6.92 Å². The molecular formula is C13H18Cl2N2O3. The fourth-order valence-electron chi connectivity index (χ4n) is 1.71. The molecule has 0 aliphatic carbocycles. The van der Waals surface area contributed by atoms with Crippen LogP contribution in [-0.2, 0) is 4.79 Å². The van der Waals surface area contributed by atoms with Crippen molar-refractivity contribution in [2.24, 2.45) is 0 Å². The number of hydrogen-bond acceptors (Lipinski definition) is 4. The number of hydrogen-bond donors (Lipinski definition) is 3. The van der Waals surface area contributed by atoms with E-state index >= 15 is 0 Å². The van der Waals surface area contributed by atoms with Crippen molar-refractivity contribution >= 4 is 34.8 Å². The first-order valence-corrected chi connectivity index (χ1v) is 6.93. The zero-order chi connectivity index (χ0) is 15.1. The molecule has 0 atom stereocenters. The summed E-state index contributed by atoms with van der Waals surface area (Å²) in [5.41, 5.74) is 1.19. The number of amides is 1. The first-order valence-electron chi connectivity index (χ1n) is 6.18. The lowest BCUT2D eigenvalue weighted by Gasteiger charge is -2.20. The third kappa shape index (κ3) is 4.92. The van der Waals surface area contributed by atoms with Crippen LogP contribution in [0.2, 0.25) is 10.0 Å². The summed E-state index contributed by atoms with van der Waals surface area (Å²) in [7, 11) is 0. The summed E-state index contributed by atoms with van der Waals surface area (Å²) in [6, 6.07) is 3.43. The highest BCUT2D eigenvalue weighted by Gasteiger charge is 2.14. The Labute approximate surface area is 128 Å². The van der Waals surface area contributed by atoms with Gasteiger partial charge in [-0.05, 0) is 18.6 Å². The minimum absolute atomic E-state index is 0.0434. The predicted molar refractivity (Wildman–Crippen MR) is 80.4 cm³/mol. The Balaban J connectivity index is 2.73. The number of rotatable bonds is 7. The van der Waals surface area contributed by atoms with Crippen LogP contribution in [0.25, 0.3) is 0 Å². The molecule has 0 saturated heterocycles. The number of nitrogens with zero attached hydrogens (tertiary/aromatic N) is 1. The molecule has 20 heavy (non-hydrogen) atoms. The van der Waals surface area contributed by atoms with Crippen molar-refractivity contribution in [3.8, 4) is 0 Å². The molecule has 1 amide bonds. The van der Waals surface area contributed by atoms with Crippen LogP contribution in [0.3, 0.4) is 0 Å². The van der Waals surface area contributed by atoms with E-state index in [2.05, 4.69) is 5.32 Å². The van der Waals surface area contributed by atoms with E-state index < -0.39 is 0 Å². The van der Waals surface area contributed by atoms with Crippen molar-refractivity contribution in [2.45, 2.75) is 6.92 Å². The summed E-state index contributed by atoms with van der Waals surface area (Å²) in [6.45, 7) is 2.31. The number of aryl methyl sites for hydroxylation is 1. The maximum Gasteiger partial charge on any atom is 0.238 e. The van der Waals surface area contributed by atoms with Gasteiger partial charge < -0.3 is 15.5 Å². The molecule has 5 nitrogen and oxygen atoms in total. The van der Waals surface area contributed by atoms with Crippen LogP contribution >= 0.6 is 23.2 Å². The molecule has 1 rings (SSSR count). The molecule has 0 bridgehead atoms. The number of aliphatic hydroxyl groups is 2. The van der Waals surface area contributed by atoms with Gasteiger partial charge in [-0.3, -0.25) is 9.69 Å². The van der Waals surface area contributed by atoms with Gasteiger partial charge in [-0.2, -0.15) is 0 Å². The van der Waals surface area contributed by atoms with Gasteiger partial charge in [0.15, 0.2) is 0 Å². The van der Waals surface area contributed by atoms with Crippen molar-refractivity contribution in [1.29, 1.82) is 0 Å². The quantitative estimate of drug-likeness (QED) is 0.712. The lowest BCUT2D eigenvalue weighted by atomic mass is 10.2. The maximum atomic E-state index is 12.0. The number of halogens is 2. The molecule has 7 heteroatoms. The van der Waals surface area contributed by atoms with Crippen molar-refractivity contribution in [1.82, 2.24) is 4.90 Å². The van der Waals surface area contributed by atoms with Gasteiger partial charge in [0.1, 0.15) is 0 Å². The lowest BCUT2D eigenvalue weighted by molar-refractivity contribution is -0.117. The first kappa shape index (κ1) is 17.2. The molecule has 0 fully saturated rings. The Morgan fingerprint density at radius 3 is 2.40 bits per heavy atom. The molecule has 0 heterocycles. The standard InChI is InChI=1S/C13H18Cl2N2O3/c1-9-2-3-10(14)13(12(9)15)16-11(20)8-17(4-6-18)5-7-19/h2-3,18-19H,4-8H2,1H3,(H,16,20). The average Bonchev–Trinajstić information content (AvgIpc) is 2.40. The second-order valence-corrected chi connectivity index (χ2v) is 5.11. The van der Waals surface area contributed by atoms with Gasteiger partial charge in [0, 0.05) is 13.1 Å². The SMILES string of the molecule is Cc1ccc(Cl)c(NC(=O)CN(CCO)CCO)c1Cl. The summed E-state index contributed by atoms with van der Waals surface area (Å²) < 4.78 is 0. The summed E-state index contributed by atoms with van der Waals surface area (Å²) in [5.74, 6) is -0.304. The highest BCUT2D eigenvalue weighted by Crippen LogP contribution is 2.32. The molecule has 0 radical (unpaired) electrons. The third-order valence-electron chi connectivity index (χ3n) is 2.75.